The fraction of sp³-hybridized carbons (Fsp3) is 0.290. The van der Waals surface area contributed by atoms with Gasteiger partial charge in [0.05, 0.1) is 13.7 Å². The largest absolute Gasteiger partial charge is 0.491 e. The maximum Gasteiger partial charge on any atom is 0.490 e. The van der Waals surface area contributed by atoms with Gasteiger partial charge in [0.15, 0.2) is 0 Å². The summed E-state index contributed by atoms with van der Waals surface area (Å²) in [5.74, 6) is -3.60. The summed E-state index contributed by atoms with van der Waals surface area (Å²) < 4.78 is 42.5. The molecule has 250 valence electrons. The number of carboxylic acids is 1. The van der Waals surface area contributed by atoms with Crippen molar-refractivity contribution in [1.82, 2.24) is 20.5 Å². The lowest BCUT2D eigenvalue weighted by Crippen LogP contribution is -2.29. The molecule has 0 radical (unpaired) electrons. The molecule has 1 saturated heterocycles. The van der Waals surface area contributed by atoms with Crippen LogP contribution in [0.1, 0.15) is 46.0 Å². The quantitative estimate of drug-likeness (QED) is 0.151. The lowest BCUT2D eigenvalue weighted by Gasteiger charge is -2.15. The van der Waals surface area contributed by atoms with Crippen LogP contribution in [0.5, 0.6) is 5.75 Å². The van der Waals surface area contributed by atoms with Gasteiger partial charge >= 0.3 is 18.1 Å². The highest BCUT2D eigenvalue weighted by Crippen LogP contribution is 2.30. The molecule has 0 saturated carbocycles. The monoisotopic (exact) mass is 659 g/mol. The van der Waals surface area contributed by atoms with Crippen molar-refractivity contribution >= 4 is 52.3 Å². The topological polar surface area (TPSA) is 190 Å². The van der Waals surface area contributed by atoms with Gasteiger partial charge in [-0.2, -0.15) is 13.2 Å². The number of nitrogen functional groups attached to an aromatic ring is 1. The van der Waals surface area contributed by atoms with Crippen molar-refractivity contribution in [3.63, 3.8) is 0 Å². The van der Waals surface area contributed by atoms with E-state index in [0.29, 0.717) is 33.6 Å². The number of nitrogens with zero attached hydrogens (tertiary/aromatic N) is 2. The number of carboxylic acid groups (broad SMARTS) is 1. The molecule has 2 aromatic carbocycles. The highest BCUT2D eigenvalue weighted by molar-refractivity contribution is 6.00. The molecule has 2 heterocycles. The van der Waals surface area contributed by atoms with Gasteiger partial charge in [-0.25, -0.2) is 14.6 Å². The van der Waals surface area contributed by atoms with Crippen molar-refractivity contribution in [2.45, 2.75) is 25.9 Å². The number of carbonyl (C=O) groups excluding carboxylic acids is 4. The van der Waals surface area contributed by atoms with E-state index in [4.69, 9.17) is 25.1 Å². The van der Waals surface area contributed by atoms with Crippen LogP contribution >= 0.6 is 0 Å². The fourth-order valence-electron chi connectivity index (χ4n) is 4.37. The van der Waals surface area contributed by atoms with Gasteiger partial charge in [0.25, 0.3) is 11.8 Å². The predicted octanol–water partition coefficient (Wildman–Crippen LogP) is 3.15. The van der Waals surface area contributed by atoms with E-state index in [9.17, 15) is 32.3 Å². The molecule has 47 heavy (non-hydrogen) atoms. The maximum atomic E-state index is 12.6. The Balaban J connectivity index is 0.000000771. The Kier molecular flexibility index (Phi) is 12.2. The minimum atomic E-state index is -5.08. The molecular formula is C31H32F3N5O8. The number of hydrogen-bond acceptors (Lipinski definition) is 9. The molecule has 4 rings (SSSR count). The first-order valence-electron chi connectivity index (χ1n) is 14.1. The Morgan fingerprint density at radius 2 is 1.66 bits per heavy atom. The van der Waals surface area contributed by atoms with Crippen molar-refractivity contribution in [2.24, 2.45) is 0 Å². The molecule has 0 atom stereocenters. The number of ether oxygens (including phenoxy) is 2. The number of likely N-dealkylation sites (tertiary alicyclic amines) is 1. The molecule has 13 nitrogen and oxygen atoms in total. The zero-order valence-electron chi connectivity index (χ0n) is 25.3. The molecule has 1 fully saturated rings. The van der Waals surface area contributed by atoms with Crippen molar-refractivity contribution in [3.8, 4) is 5.75 Å². The number of rotatable bonds is 9. The number of benzene rings is 2. The molecule has 0 aliphatic carbocycles. The average Bonchev–Trinajstić information content (AvgIpc) is 3.57. The number of aromatic nitrogens is 1. The normalized spacial score (nSPS) is 12.9. The smallest absolute Gasteiger partial charge is 0.490 e. The number of hydrogen-bond donors (Lipinski definition) is 4. The van der Waals surface area contributed by atoms with Gasteiger partial charge in [-0.15, -0.1) is 0 Å². The van der Waals surface area contributed by atoms with E-state index >= 15 is 0 Å². The second-order valence-corrected chi connectivity index (χ2v) is 10.0. The van der Waals surface area contributed by atoms with Crippen LogP contribution in [0.3, 0.4) is 0 Å². The molecule has 3 amide bonds. The lowest BCUT2D eigenvalue weighted by molar-refractivity contribution is -0.192. The summed E-state index contributed by atoms with van der Waals surface area (Å²) in [5.41, 5.74) is 7.43. The number of nitrogens with one attached hydrogen (secondary N) is 2. The van der Waals surface area contributed by atoms with E-state index in [1.54, 1.807) is 48.7 Å². The van der Waals surface area contributed by atoms with E-state index in [1.165, 1.54) is 20.1 Å². The Hall–Kier alpha value is -5.67. The zero-order valence-corrected chi connectivity index (χ0v) is 25.3. The second kappa shape index (κ2) is 16.1. The van der Waals surface area contributed by atoms with Crippen LogP contribution in [0, 0.1) is 0 Å². The molecule has 5 N–H and O–H groups in total. The number of carbonyl (C=O) groups is 5. The predicted molar refractivity (Wildman–Crippen MR) is 163 cm³/mol. The molecule has 1 aliphatic rings. The number of aliphatic carboxylic acids is 1. The van der Waals surface area contributed by atoms with E-state index in [0.717, 1.165) is 31.3 Å². The van der Waals surface area contributed by atoms with E-state index in [1.807, 2.05) is 4.90 Å². The number of alkyl halides is 3. The summed E-state index contributed by atoms with van der Waals surface area (Å²) >= 11 is 0. The number of amides is 3. The second-order valence-electron chi connectivity index (χ2n) is 10.0. The number of pyridine rings is 1. The van der Waals surface area contributed by atoms with Gasteiger partial charge < -0.3 is 35.8 Å². The maximum absolute atomic E-state index is 12.6. The SMILES string of the molecule is COC(=O)C(=Cc1cc2ccnc(N)c2cc1OCCNC(=O)c1ccc(C(=O)N2CCCC2)cc1)NC(C)=O.O=C(O)C(F)(F)F. The third-order valence-corrected chi connectivity index (χ3v) is 6.62. The third-order valence-electron chi connectivity index (χ3n) is 6.62. The van der Waals surface area contributed by atoms with Crippen LogP contribution in [-0.2, 0) is 19.1 Å². The van der Waals surface area contributed by atoms with Gasteiger partial charge in [0, 0.05) is 48.3 Å². The minimum absolute atomic E-state index is 0.0252. The first-order valence-corrected chi connectivity index (χ1v) is 14.1. The van der Waals surface area contributed by atoms with Crippen LogP contribution in [0.2, 0.25) is 0 Å². The van der Waals surface area contributed by atoms with Crippen molar-refractivity contribution in [1.29, 1.82) is 0 Å². The number of halogens is 3. The number of methoxy groups -OCH3 is 1. The Bertz CT molecular complexity index is 1670. The fourth-order valence-corrected chi connectivity index (χ4v) is 4.37. The summed E-state index contributed by atoms with van der Waals surface area (Å²) in [6, 6.07) is 11.8. The van der Waals surface area contributed by atoms with Gasteiger partial charge in [-0.05, 0) is 66.8 Å². The van der Waals surface area contributed by atoms with Crippen LogP contribution in [0.15, 0.2) is 54.4 Å². The van der Waals surface area contributed by atoms with Crippen LogP contribution < -0.4 is 21.1 Å². The van der Waals surface area contributed by atoms with Gasteiger partial charge in [-0.1, -0.05) is 0 Å². The Labute approximate surface area is 266 Å². The van der Waals surface area contributed by atoms with Gasteiger partial charge in [0.2, 0.25) is 5.91 Å². The first kappa shape index (κ1) is 35.8. The highest BCUT2D eigenvalue weighted by Gasteiger charge is 2.38. The molecule has 0 bridgehead atoms. The Morgan fingerprint density at radius 3 is 2.23 bits per heavy atom. The van der Waals surface area contributed by atoms with E-state index in [2.05, 4.69) is 15.6 Å². The van der Waals surface area contributed by atoms with Crippen LogP contribution in [0.4, 0.5) is 19.0 Å². The molecule has 0 spiro atoms. The molecule has 16 heteroatoms. The average molecular weight is 660 g/mol. The van der Waals surface area contributed by atoms with Gasteiger partial charge in [-0.3, -0.25) is 14.4 Å². The molecule has 0 unspecified atom stereocenters. The van der Waals surface area contributed by atoms with Crippen molar-refractivity contribution in [2.75, 3.05) is 39.1 Å². The third kappa shape index (κ3) is 10.2. The van der Waals surface area contributed by atoms with Crippen molar-refractivity contribution in [3.05, 3.63) is 71.0 Å². The van der Waals surface area contributed by atoms with Crippen molar-refractivity contribution < 1.29 is 51.7 Å². The summed E-state index contributed by atoms with van der Waals surface area (Å²) in [4.78, 5) is 63.9. The van der Waals surface area contributed by atoms with Crippen LogP contribution in [0.25, 0.3) is 16.8 Å². The molecule has 1 aromatic heterocycles. The van der Waals surface area contributed by atoms with Crippen LogP contribution in [-0.4, -0.2) is 84.2 Å². The summed E-state index contributed by atoms with van der Waals surface area (Å²) in [6.07, 6.45) is -0.0536. The number of anilines is 1. The summed E-state index contributed by atoms with van der Waals surface area (Å²) in [5, 5.41) is 13.8. The minimum Gasteiger partial charge on any atom is -0.491 e. The van der Waals surface area contributed by atoms with Gasteiger partial charge in [0.1, 0.15) is 23.9 Å². The highest BCUT2D eigenvalue weighted by atomic mass is 19.4. The lowest BCUT2D eigenvalue weighted by atomic mass is 10.1. The molecule has 3 aromatic rings. The zero-order chi connectivity index (χ0) is 34.7. The summed E-state index contributed by atoms with van der Waals surface area (Å²) in [6.45, 7) is 3.07. The molecular weight excluding hydrogens is 627 g/mol. The van der Waals surface area contributed by atoms with E-state index in [-0.39, 0.29) is 30.7 Å². The first-order chi connectivity index (χ1) is 22.2. The standard InChI is InChI=1S/C29H31N5O6.C2HF3O2/c1-18(35)33-24(29(38)39-2)16-22-15-21-9-10-31-26(30)23(21)17-25(22)40-14-11-32-27(36)19-5-7-20(8-6-19)28(37)34-12-3-4-13-34;3-2(4,5)1(6)7/h5-10,15-17H,3-4,11-14H2,1-2H3,(H2,30,31)(H,32,36)(H,33,35);(H,6,7). The number of fused-ring (bicyclic) bond motifs is 1. The Morgan fingerprint density at radius 1 is 1.04 bits per heavy atom. The molecule has 1 aliphatic heterocycles. The summed E-state index contributed by atoms with van der Waals surface area (Å²) in [7, 11) is 1.21. The number of nitrogens with two attached hydrogens (primary N) is 1. The van der Waals surface area contributed by atoms with E-state index < -0.39 is 24.0 Å². The number of esters is 1.